The largest absolute Gasteiger partial charge is 0.509 e. The van der Waals surface area contributed by atoms with E-state index < -0.39 is 17.2 Å². The molecule has 1 aromatic rings. The van der Waals surface area contributed by atoms with Crippen LogP contribution in [0.25, 0.3) is 0 Å². The number of nitro benzene ring substituents is 1. The molecule has 0 aliphatic carbocycles. The molecule has 0 bridgehead atoms. The van der Waals surface area contributed by atoms with Crippen LogP contribution in [0.1, 0.15) is 18.6 Å². The molecule has 1 atom stereocenters. The minimum atomic E-state index is -0.926. The van der Waals surface area contributed by atoms with Crippen molar-refractivity contribution in [1.29, 1.82) is 0 Å². The number of nitro groups is 1. The molecular weight excluding hydrogens is 238 g/mol. The molecule has 0 aliphatic rings. The maximum absolute atomic E-state index is 11.1. The molecule has 0 fully saturated rings. The van der Waals surface area contributed by atoms with E-state index in [9.17, 15) is 14.9 Å². The smallest absolute Gasteiger partial charge is 0.435 e. The van der Waals surface area contributed by atoms with Gasteiger partial charge in [-0.05, 0) is 19.1 Å². The Morgan fingerprint density at radius 3 is 2.56 bits per heavy atom. The van der Waals surface area contributed by atoms with Crippen molar-refractivity contribution in [1.82, 2.24) is 0 Å². The third kappa shape index (κ3) is 3.49. The van der Waals surface area contributed by atoms with Gasteiger partial charge >= 0.3 is 6.16 Å². The lowest BCUT2D eigenvalue weighted by Gasteiger charge is -2.11. The van der Waals surface area contributed by atoms with E-state index in [-0.39, 0.29) is 12.3 Å². The summed E-state index contributed by atoms with van der Waals surface area (Å²) in [7, 11) is 0. The molecule has 0 heterocycles. The maximum atomic E-state index is 11.1. The summed E-state index contributed by atoms with van der Waals surface area (Å²) in [5.41, 5.74) is 0.404. The minimum absolute atomic E-state index is 0.0642. The standard InChI is InChI=1S/C12H11NO5/c1-3-11(18-12(14)17-4-2)9-5-7-10(8-6-9)13(15)16/h1,5-8,11H,4H2,2H3. The maximum Gasteiger partial charge on any atom is 0.509 e. The molecular formula is C12H11NO5. The van der Waals surface area contributed by atoms with Crippen LogP contribution in [-0.4, -0.2) is 17.7 Å². The number of terminal acetylenes is 1. The lowest BCUT2D eigenvalue weighted by Crippen LogP contribution is -2.11. The Bertz CT molecular complexity index is 474. The summed E-state index contributed by atoms with van der Waals surface area (Å²) in [6.45, 7) is 1.81. The summed E-state index contributed by atoms with van der Waals surface area (Å²) >= 11 is 0. The molecule has 0 amide bonds. The van der Waals surface area contributed by atoms with E-state index in [1.165, 1.54) is 24.3 Å². The van der Waals surface area contributed by atoms with Gasteiger partial charge in [0.1, 0.15) is 0 Å². The Morgan fingerprint density at radius 2 is 2.11 bits per heavy atom. The zero-order valence-corrected chi connectivity index (χ0v) is 9.66. The van der Waals surface area contributed by atoms with Gasteiger partial charge in [0.2, 0.25) is 0 Å². The Morgan fingerprint density at radius 1 is 1.50 bits per heavy atom. The van der Waals surface area contributed by atoms with E-state index in [1.807, 2.05) is 0 Å². The fourth-order valence-electron chi connectivity index (χ4n) is 1.22. The summed E-state index contributed by atoms with van der Waals surface area (Å²) in [6, 6.07) is 5.44. The second kappa shape index (κ2) is 6.25. The quantitative estimate of drug-likeness (QED) is 0.354. The Labute approximate surface area is 104 Å². The first kappa shape index (κ1) is 13.5. The van der Waals surface area contributed by atoms with Crippen molar-refractivity contribution >= 4 is 11.8 Å². The lowest BCUT2D eigenvalue weighted by atomic mass is 10.1. The van der Waals surface area contributed by atoms with Gasteiger partial charge in [0.25, 0.3) is 5.69 Å². The normalized spacial score (nSPS) is 11.1. The molecule has 94 valence electrons. The van der Waals surface area contributed by atoms with Gasteiger partial charge in [0, 0.05) is 17.7 Å². The van der Waals surface area contributed by atoms with Crippen LogP contribution in [0.5, 0.6) is 0 Å². The van der Waals surface area contributed by atoms with Crippen molar-refractivity contribution in [3.8, 4) is 12.3 Å². The summed E-state index contributed by atoms with van der Waals surface area (Å²) < 4.78 is 9.45. The molecule has 0 radical (unpaired) electrons. The molecule has 0 aliphatic heterocycles. The number of ether oxygens (including phenoxy) is 2. The second-order valence-electron chi connectivity index (χ2n) is 3.20. The molecule has 0 aromatic heterocycles. The predicted octanol–water partition coefficient (Wildman–Crippen LogP) is 2.44. The van der Waals surface area contributed by atoms with Gasteiger partial charge in [-0.2, -0.15) is 0 Å². The van der Waals surface area contributed by atoms with Gasteiger partial charge in [0.05, 0.1) is 11.5 Å². The van der Waals surface area contributed by atoms with Crippen LogP contribution in [0.15, 0.2) is 24.3 Å². The first-order valence-corrected chi connectivity index (χ1v) is 5.12. The highest BCUT2D eigenvalue weighted by Crippen LogP contribution is 2.20. The van der Waals surface area contributed by atoms with Gasteiger partial charge in [-0.1, -0.05) is 5.92 Å². The molecule has 1 rings (SSSR count). The van der Waals surface area contributed by atoms with E-state index in [0.29, 0.717) is 5.56 Å². The highest BCUT2D eigenvalue weighted by molar-refractivity contribution is 5.61. The first-order chi connectivity index (χ1) is 8.58. The number of non-ortho nitro benzene ring substituents is 1. The number of carbonyl (C=O) groups excluding carboxylic acids is 1. The Kier molecular flexibility index (Phi) is 4.69. The van der Waals surface area contributed by atoms with Crippen molar-refractivity contribution < 1.29 is 19.2 Å². The molecule has 18 heavy (non-hydrogen) atoms. The van der Waals surface area contributed by atoms with Crippen LogP contribution in [0.3, 0.4) is 0 Å². The highest BCUT2D eigenvalue weighted by atomic mass is 16.7. The zero-order chi connectivity index (χ0) is 13.5. The molecule has 6 heteroatoms. The van der Waals surface area contributed by atoms with Crippen LogP contribution in [0.4, 0.5) is 10.5 Å². The van der Waals surface area contributed by atoms with Gasteiger partial charge in [-0.25, -0.2) is 4.79 Å². The zero-order valence-electron chi connectivity index (χ0n) is 9.66. The first-order valence-electron chi connectivity index (χ1n) is 5.12. The van der Waals surface area contributed by atoms with Crippen molar-refractivity contribution in [2.75, 3.05) is 6.61 Å². The fraction of sp³-hybridized carbons (Fsp3) is 0.250. The van der Waals surface area contributed by atoms with Crippen molar-refractivity contribution in [2.45, 2.75) is 13.0 Å². The van der Waals surface area contributed by atoms with E-state index in [2.05, 4.69) is 10.7 Å². The monoisotopic (exact) mass is 249 g/mol. The average molecular weight is 249 g/mol. The number of rotatable bonds is 4. The molecule has 0 saturated heterocycles. The van der Waals surface area contributed by atoms with E-state index >= 15 is 0 Å². The predicted molar refractivity (Wildman–Crippen MR) is 62.8 cm³/mol. The SMILES string of the molecule is C#CC(OC(=O)OCC)c1ccc([N+](=O)[O-])cc1. The molecule has 1 unspecified atom stereocenters. The number of hydrogen-bond acceptors (Lipinski definition) is 5. The summed E-state index contributed by atoms with van der Waals surface area (Å²) in [5, 5.41) is 10.5. The highest BCUT2D eigenvalue weighted by Gasteiger charge is 2.16. The second-order valence-corrected chi connectivity index (χ2v) is 3.20. The van der Waals surface area contributed by atoms with E-state index in [0.717, 1.165) is 0 Å². The number of benzene rings is 1. The number of nitrogens with zero attached hydrogens (tertiary/aromatic N) is 1. The van der Waals surface area contributed by atoms with Crippen molar-refractivity contribution in [3.05, 3.63) is 39.9 Å². The summed E-state index contributed by atoms with van der Waals surface area (Å²) in [6.07, 6.45) is 3.43. The van der Waals surface area contributed by atoms with Gasteiger partial charge in [0.15, 0.2) is 6.10 Å². The molecule has 1 aromatic carbocycles. The lowest BCUT2D eigenvalue weighted by molar-refractivity contribution is -0.384. The molecule has 6 nitrogen and oxygen atoms in total. The third-order valence-electron chi connectivity index (χ3n) is 2.03. The Balaban J connectivity index is 2.80. The van der Waals surface area contributed by atoms with E-state index in [1.54, 1.807) is 6.92 Å². The summed E-state index contributed by atoms with van der Waals surface area (Å²) in [4.78, 5) is 21.1. The summed E-state index contributed by atoms with van der Waals surface area (Å²) in [5.74, 6) is 2.26. The number of hydrogen-bond donors (Lipinski definition) is 0. The molecule has 0 spiro atoms. The van der Waals surface area contributed by atoms with Crippen LogP contribution < -0.4 is 0 Å². The van der Waals surface area contributed by atoms with Crippen LogP contribution in [0, 0.1) is 22.5 Å². The van der Waals surface area contributed by atoms with Crippen LogP contribution in [0.2, 0.25) is 0 Å². The van der Waals surface area contributed by atoms with Gasteiger partial charge < -0.3 is 9.47 Å². The minimum Gasteiger partial charge on any atom is -0.435 e. The van der Waals surface area contributed by atoms with Gasteiger partial charge in [-0.3, -0.25) is 10.1 Å². The van der Waals surface area contributed by atoms with E-state index in [4.69, 9.17) is 11.2 Å². The number of carbonyl (C=O) groups is 1. The average Bonchev–Trinajstić information content (AvgIpc) is 2.36. The molecule has 0 N–H and O–H groups in total. The van der Waals surface area contributed by atoms with Gasteiger partial charge in [-0.15, -0.1) is 6.42 Å². The Hall–Kier alpha value is -2.55. The fourth-order valence-corrected chi connectivity index (χ4v) is 1.22. The van der Waals surface area contributed by atoms with Crippen LogP contribution >= 0.6 is 0 Å². The topological polar surface area (TPSA) is 78.7 Å². The third-order valence-corrected chi connectivity index (χ3v) is 2.03. The van der Waals surface area contributed by atoms with Crippen molar-refractivity contribution in [3.63, 3.8) is 0 Å². The van der Waals surface area contributed by atoms with Crippen molar-refractivity contribution in [2.24, 2.45) is 0 Å². The van der Waals surface area contributed by atoms with Crippen LogP contribution in [-0.2, 0) is 9.47 Å². The molecule has 0 saturated carbocycles.